The van der Waals surface area contributed by atoms with Crippen molar-refractivity contribution in [3.05, 3.63) is 0 Å². The van der Waals surface area contributed by atoms with Crippen LogP contribution in [-0.4, -0.2) is 35.2 Å². The first kappa shape index (κ1) is 13.3. The Morgan fingerprint density at radius 1 is 1.56 bits per heavy atom. The summed E-state index contributed by atoms with van der Waals surface area (Å²) in [6, 6.07) is 0.217. The zero-order valence-electron chi connectivity index (χ0n) is 10.8. The van der Waals surface area contributed by atoms with E-state index in [0.29, 0.717) is 0 Å². The van der Waals surface area contributed by atoms with Crippen molar-refractivity contribution in [2.24, 2.45) is 5.73 Å². The van der Waals surface area contributed by atoms with Crippen LogP contribution in [0.15, 0.2) is 0 Å². The number of amides is 1. The second-order valence-corrected chi connectivity index (χ2v) is 5.46. The Labute approximate surface area is 98.1 Å². The molecular formula is C12H24N2O2. The van der Waals surface area contributed by atoms with Crippen LogP contribution < -0.4 is 5.73 Å². The van der Waals surface area contributed by atoms with Gasteiger partial charge < -0.3 is 15.4 Å². The first-order chi connectivity index (χ1) is 7.35. The molecule has 0 aromatic carbocycles. The molecular weight excluding hydrogens is 204 g/mol. The third kappa shape index (κ3) is 3.37. The van der Waals surface area contributed by atoms with Gasteiger partial charge in [0.25, 0.3) is 0 Å². The lowest BCUT2D eigenvalue weighted by Gasteiger charge is -2.31. The molecule has 2 atom stereocenters. The highest BCUT2D eigenvalue weighted by molar-refractivity contribution is 5.69. The predicted octanol–water partition coefficient (Wildman–Crippen LogP) is 2.12. The lowest BCUT2D eigenvalue weighted by Crippen LogP contribution is -2.48. The zero-order valence-corrected chi connectivity index (χ0v) is 10.8. The van der Waals surface area contributed by atoms with Crippen molar-refractivity contribution in [1.29, 1.82) is 0 Å². The summed E-state index contributed by atoms with van der Waals surface area (Å²) in [6.45, 7) is 8.48. The quantitative estimate of drug-likeness (QED) is 0.787. The summed E-state index contributed by atoms with van der Waals surface area (Å²) < 4.78 is 5.38. The van der Waals surface area contributed by atoms with Gasteiger partial charge in [-0.3, -0.25) is 0 Å². The average Bonchev–Trinajstić information content (AvgIpc) is 2.62. The maximum atomic E-state index is 11.9. The van der Waals surface area contributed by atoms with Crippen molar-refractivity contribution >= 4 is 6.09 Å². The van der Waals surface area contributed by atoms with E-state index in [-0.39, 0.29) is 18.2 Å². The zero-order chi connectivity index (χ0) is 12.3. The van der Waals surface area contributed by atoms with E-state index >= 15 is 0 Å². The maximum Gasteiger partial charge on any atom is 0.410 e. The number of likely N-dealkylation sites (tertiary alicyclic amines) is 1. The first-order valence-corrected chi connectivity index (χ1v) is 6.10. The van der Waals surface area contributed by atoms with Crippen molar-refractivity contribution in [3.63, 3.8) is 0 Å². The molecule has 0 aromatic rings. The van der Waals surface area contributed by atoms with E-state index in [1.807, 2.05) is 20.8 Å². The van der Waals surface area contributed by atoms with Gasteiger partial charge in [-0.1, -0.05) is 6.92 Å². The predicted molar refractivity (Wildman–Crippen MR) is 64.2 cm³/mol. The molecule has 1 aliphatic heterocycles. The molecule has 0 aliphatic carbocycles. The van der Waals surface area contributed by atoms with Crippen LogP contribution in [0.2, 0.25) is 0 Å². The number of carbonyl (C=O) groups excluding carboxylic acids is 1. The van der Waals surface area contributed by atoms with E-state index < -0.39 is 5.60 Å². The number of nitrogens with two attached hydrogens (primary N) is 1. The van der Waals surface area contributed by atoms with Gasteiger partial charge in [0.05, 0.1) is 6.04 Å². The molecule has 0 radical (unpaired) electrons. The Hall–Kier alpha value is -0.770. The summed E-state index contributed by atoms with van der Waals surface area (Å²) >= 11 is 0. The minimum Gasteiger partial charge on any atom is -0.444 e. The molecule has 1 amide bonds. The Balaban J connectivity index is 2.61. The highest BCUT2D eigenvalue weighted by Crippen LogP contribution is 2.23. The second-order valence-electron chi connectivity index (χ2n) is 5.46. The van der Waals surface area contributed by atoms with E-state index in [4.69, 9.17) is 10.5 Å². The Kier molecular flexibility index (Phi) is 4.19. The molecule has 4 heteroatoms. The monoisotopic (exact) mass is 228 g/mol. The lowest BCUT2D eigenvalue weighted by molar-refractivity contribution is 0.0206. The Morgan fingerprint density at radius 2 is 2.19 bits per heavy atom. The Bertz CT molecular complexity index is 248. The fraction of sp³-hybridized carbons (Fsp3) is 0.917. The summed E-state index contributed by atoms with van der Waals surface area (Å²) in [5, 5.41) is 0. The maximum absolute atomic E-state index is 11.9. The van der Waals surface area contributed by atoms with Crippen molar-refractivity contribution in [3.8, 4) is 0 Å². The van der Waals surface area contributed by atoms with Gasteiger partial charge in [0.15, 0.2) is 0 Å². The molecule has 16 heavy (non-hydrogen) atoms. The smallest absolute Gasteiger partial charge is 0.410 e. The van der Waals surface area contributed by atoms with Crippen molar-refractivity contribution in [2.45, 2.75) is 64.6 Å². The summed E-state index contributed by atoms with van der Waals surface area (Å²) in [7, 11) is 0. The van der Waals surface area contributed by atoms with Crippen LogP contribution >= 0.6 is 0 Å². The molecule has 0 saturated carbocycles. The topological polar surface area (TPSA) is 55.6 Å². The van der Waals surface area contributed by atoms with Gasteiger partial charge in [0, 0.05) is 12.6 Å². The van der Waals surface area contributed by atoms with Crippen molar-refractivity contribution in [1.82, 2.24) is 4.90 Å². The minimum absolute atomic E-state index is 0.0648. The van der Waals surface area contributed by atoms with Crippen LogP contribution in [0.1, 0.15) is 47.0 Å². The number of carbonyl (C=O) groups is 1. The average molecular weight is 228 g/mol. The van der Waals surface area contributed by atoms with Crippen LogP contribution in [0.3, 0.4) is 0 Å². The SMILES string of the molecule is CC[C@@H](N)[C@H]1CCCN1C(=O)OC(C)(C)C. The molecule has 4 nitrogen and oxygen atoms in total. The largest absolute Gasteiger partial charge is 0.444 e. The number of hydrogen-bond acceptors (Lipinski definition) is 3. The van der Waals surface area contributed by atoms with E-state index in [1.54, 1.807) is 4.90 Å². The third-order valence-electron chi connectivity index (χ3n) is 2.89. The van der Waals surface area contributed by atoms with Gasteiger partial charge in [0.1, 0.15) is 5.60 Å². The van der Waals surface area contributed by atoms with E-state index in [1.165, 1.54) is 0 Å². The first-order valence-electron chi connectivity index (χ1n) is 6.10. The number of nitrogens with zero attached hydrogens (tertiary/aromatic N) is 1. The molecule has 2 N–H and O–H groups in total. The van der Waals surface area contributed by atoms with Gasteiger partial charge in [-0.05, 0) is 40.0 Å². The molecule has 1 heterocycles. The summed E-state index contributed by atoms with van der Waals surface area (Å²) in [4.78, 5) is 13.7. The molecule has 1 aliphatic rings. The van der Waals surface area contributed by atoms with Crippen molar-refractivity contribution in [2.75, 3.05) is 6.54 Å². The van der Waals surface area contributed by atoms with Crippen LogP contribution in [0.5, 0.6) is 0 Å². The van der Waals surface area contributed by atoms with Gasteiger partial charge in [0.2, 0.25) is 0 Å². The van der Waals surface area contributed by atoms with Gasteiger partial charge in [-0.2, -0.15) is 0 Å². The fourth-order valence-corrected chi connectivity index (χ4v) is 2.06. The molecule has 0 aromatic heterocycles. The lowest BCUT2D eigenvalue weighted by atomic mass is 10.0. The summed E-state index contributed by atoms with van der Waals surface area (Å²) in [6.07, 6.45) is 2.69. The van der Waals surface area contributed by atoms with E-state index in [9.17, 15) is 4.79 Å². The Morgan fingerprint density at radius 3 is 2.69 bits per heavy atom. The molecule has 1 saturated heterocycles. The van der Waals surface area contributed by atoms with Crippen LogP contribution in [-0.2, 0) is 4.74 Å². The summed E-state index contributed by atoms with van der Waals surface area (Å²) in [5.41, 5.74) is 5.59. The summed E-state index contributed by atoms with van der Waals surface area (Å²) in [5.74, 6) is 0. The number of rotatable bonds is 2. The van der Waals surface area contributed by atoms with Gasteiger partial charge in [-0.25, -0.2) is 4.79 Å². The molecule has 1 rings (SSSR count). The van der Waals surface area contributed by atoms with Gasteiger partial charge in [-0.15, -0.1) is 0 Å². The van der Waals surface area contributed by atoms with E-state index in [2.05, 4.69) is 6.92 Å². The minimum atomic E-state index is -0.430. The molecule has 94 valence electrons. The normalized spacial score (nSPS) is 23.3. The number of ether oxygens (including phenoxy) is 1. The van der Waals surface area contributed by atoms with E-state index in [0.717, 1.165) is 25.8 Å². The standard InChI is InChI=1S/C12H24N2O2/c1-5-9(13)10-7-6-8-14(10)11(15)16-12(2,3)4/h9-10H,5-8,13H2,1-4H3/t9-,10-/m1/s1. The molecule has 0 unspecified atom stereocenters. The van der Waals surface area contributed by atoms with Gasteiger partial charge >= 0.3 is 6.09 Å². The molecule has 0 spiro atoms. The highest BCUT2D eigenvalue weighted by Gasteiger charge is 2.34. The second kappa shape index (κ2) is 5.04. The third-order valence-corrected chi connectivity index (χ3v) is 2.89. The fourth-order valence-electron chi connectivity index (χ4n) is 2.06. The van der Waals surface area contributed by atoms with Crippen molar-refractivity contribution < 1.29 is 9.53 Å². The van der Waals surface area contributed by atoms with Crippen LogP contribution in [0, 0.1) is 0 Å². The highest BCUT2D eigenvalue weighted by atomic mass is 16.6. The molecule has 0 bridgehead atoms. The molecule has 1 fully saturated rings. The van der Waals surface area contributed by atoms with Crippen LogP contribution in [0.4, 0.5) is 4.79 Å². The van der Waals surface area contributed by atoms with Crippen LogP contribution in [0.25, 0.3) is 0 Å². The number of hydrogen-bond donors (Lipinski definition) is 1.